The van der Waals surface area contributed by atoms with Gasteiger partial charge in [0.25, 0.3) is 0 Å². The highest BCUT2D eigenvalue weighted by Gasteiger charge is 2.39. The molecule has 0 radical (unpaired) electrons. The predicted octanol–water partition coefficient (Wildman–Crippen LogP) is 7.79. The number of nitrogens with zero attached hydrogens (tertiary/aromatic N) is 1. The van der Waals surface area contributed by atoms with Crippen molar-refractivity contribution in [2.24, 2.45) is 0 Å². The number of rotatable bonds is 12. The molecule has 1 atom stereocenters. The third kappa shape index (κ3) is 7.28. The highest BCUT2D eigenvalue weighted by atomic mass is 32.2. The lowest BCUT2D eigenvalue weighted by Crippen LogP contribution is -2.44. The maximum absolute atomic E-state index is 13.4. The summed E-state index contributed by atoms with van der Waals surface area (Å²) in [5.74, 6) is 0.431. The quantitative estimate of drug-likeness (QED) is 0.172. The molecule has 0 amide bonds. The molecule has 0 aromatic heterocycles. The van der Waals surface area contributed by atoms with Gasteiger partial charge in [-0.05, 0) is 29.3 Å². The summed E-state index contributed by atoms with van der Waals surface area (Å²) in [5, 5.41) is 0. The zero-order valence-corrected chi connectivity index (χ0v) is 22.2. The molecule has 6 heteroatoms. The third-order valence-electron chi connectivity index (χ3n) is 6.51. The van der Waals surface area contributed by atoms with Crippen LogP contribution in [0.25, 0.3) is 0 Å². The van der Waals surface area contributed by atoms with Crippen molar-refractivity contribution < 1.29 is 17.9 Å². The van der Waals surface area contributed by atoms with E-state index in [1.165, 1.54) is 11.9 Å². The molecule has 0 saturated heterocycles. The van der Waals surface area contributed by atoms with Gasteiger partial charge in [-0.15, -0.1) is 11.8 Å². The number of benzene rings is 4. The van der Waals surface area contributed by atoms with Crippen LogP contribution in [0.5, 0.6) is 0 Å². The number of alkyl halides is 3. The number of hydrogen-bond acceptors (Lipinski definition) is 3. The number of likely N-dealkylation sites (N-methyl/N-ethyl adjacent to an activating group) is 1. The van der Waals surface area contributed by atoms with E-state index in [0.29, 0.717) is 12.4 Å². The molecule has 198 valence electrons. The van der Waals surface area contributed by atoms with E-state index in [4.69, 9.17) is 4.74 Å². The molecule has 0 spiro atoms. The fourth-order valence-corrected chi connectivity index (χ4v) is 6.29. The zero-order valence-electron chi connectivity index (χ0n) is 21.4. The summed E-state index contributed by atoms with van der Waals surface area (Å²) in [5.41, 5.74) is 4.21. The summed E-state index contributed by atoms with van der Waals surface area (Å²) in [6.07, 6.45) is -4.30. The molecule has 38 heavy (non-hydrogen) atoms. The molecule has 0 N–H and O–H groups in total. The topological polar surface area (TPSA) is 12.5 Å². The largest absolute Gasteiger partial charge is 0.401 e. The molecule has 0 bridgehead atoms. The highest BCUT2D eigenvalue weighted by Crippen LogP contribution is 2.48. The molecular formula is C32H32F3NOS. The standard InChI is InChI=1S/C32H32F3NOS/c1-36(25-31(33,34)35)30(23-37-22-26-14-6-2-7-15-26)24-38-32(27-16-8-3-9-17-27,28-18-10-4-11-19-28)29-20-12-5-13-21-29/h2-21,30H,22-25H2,1H3. The Labute approximate surface area is 227 Å². The molecule has 0 aliphatic carbocycles. The minimum absolute atomic E-state index is 0.183. The van der Waals surface area contributed by atoms with Crippen LogP contribution in [0, 0.1) is 0 Å². The lowest BCUT2D eigenvalue weighted by atomic mass is 9.84. The molecule has 0 heterocycles. The number of halogens is 3. The van der Waals surface area contributed by atoms with Gasteiger partial charge in [0, 0.05) is 11.8 Å². The second-order valence-electron chi connectivity index (χ2n) is 9.28. The Balaban J connectivity index is 1.67. The van der Waals surface area contributed by atoms with E-state index in [2.05, 4.69) is 36.4 Å². The minimum atomic E-state index is -4.30. The van der Waals surface area contributed by atoms with E-state index < -0.39 is 23.5 Å². The second kappa shape index (κ2) is 13.1. The van der Waals surface area contributed by atoms with Gasteiger partial charge in [0.2, 0.25) is 0 Å². The minimum Gasteiger partial charge on any atom is -0.375 e. The van der Waals surface area contributed by atoms with Crippen molar-refractivity contribution in [1.29, 1.82) is 0 Å². The van der Waals surface area contributed by atoms with Gasteiger partial charge < -0.3 is 4.74 Å². The van der Waals surface area contributed by atoms with Crippen molar-refractivity contribution in [2.45, 2.75) is 23.6 Å². The van der Waals surface area contributed by atoms with Gasteiger partial charge in [0.05, 0.1) is 24.5 Å². The smallest absolute Gasteiger partial charge is 0.375 e. The van der Waals surface area contributed by atoms with Crippen LogP contribution < -0.4 is 0 Å². The molecule has 1 unspecified atom stereocenters. The van der Waals surface area contributed by atoms with Crippen LogP contribution in [0.2, 0.25) is 0 Å². The van der Waals surface area contributed by atoms with Crippen LogP contribution in [0.4, 0.5) is 13.2 Å². The van der Waals surface area contributed by atoms with Gasteiger partial charge in [-0.1, -0.05) is 121 Å². The summed E-state index contributed by atoms with van der Waals surface area (Å²) in [6, 6.07) is 39.7. The maximum atomic E-state index is 13.4. The van der Waals surface area contributed by atoms with Gasteiger partial charge in [-0.3, -0.25) is 4.90 Å². The summed E-state index contributed by atoms with van der Waals surface area (Å²) in [6.45, 7) is -0.464. The fourth-order valence-electron chi connectivity index (χ4n) is 4.59. The van der Waals surface area contributed by atoms with Crippen molar-refractivity contribution >= 4 is 11.8 Å². The Bertz CT molecular complexity index is 1120. The van der Waals surface area contributed by atoms with E-state index in [1.807, 2.05) is 84.9 Å². The summed E-state index contributed by atoms with van der Waals surface area (Å²) in [7, 11) is 1.53. The van der Waals surface area contributed by atoms with Crippen molar-refractivity contribution in [3.8, 4) is 0 Å². The summed E-state index contributed by atoms with van der Waals surface area (Å²) >= 11 is 1.65. The van der Waals surface area contributed by atoms with E-state index in [9.17, 15) is 13.2 Å². The Morgan fingerprint density at radius 1 is 0.684 bits per heavy atom. The molecule has 0 aliphatic heterocycles. The Morgan fingerprint density at radius 3 is 1.53 bits per heavy atom. The first kappa shape index (κ1) is 28.0. The molecule has 0 aliphatic rings. The average molecular weight is 536 g/mol. The van der Waals surface area contributed by atoms with Gasteiger partial charge in [0.1, 0.15) is 0 Å². The van der Waals surface area contributed by atoms with Crippen molar-refractivity contribution in [3.63, 3.8) is 0 Å². The highest BCUT2D eigenvalue weighted by molar-refractivity contribution is 8.00. The predicted molar refractivity (Wildman–Crippen MR) is 150 cm³/mol. The normalized spacial score (nSPS) is 13.0. The van der Waals surface area contributed by atoms with Crippen LogP contribution in [-0.2, 0) is 16.1 Å². The first-order valence-corrected chi connectivity index (χ1v) is 13.6. The van der Waals surface area contributed by atoms with Crippen molar-refractivity contribution in [2.75, 3.05) is 26.0 Å². The molecule has 2 nitrogen and oxygen atoms in total. The summed E-state index contributed by atoms with van der Waals surface area (Å²) in [4.78, 5) is 1.36. The Kier molecular flexibility index (Phi) is 9.67. The summed E-state index contributed by atoms with van der Waals surface area (Å²) < 4.78 is 45.7. The van der Waals surface area contributed by atoms with Gasteiger partial charge in [0.15, 0.2) is 0 Å². The van der Waals surface area contributed by atoms with Crippen LogP contribution in [0.3, 0.4) is 0 Å². The molecule has 0 saturated carbocycles. The Hall–Kier alpha value is -3.06. The van der Waals surface area contributed by atoms with Crippen molar-refractivity contribution in [3.05, 3.63) is 144 Å². The van der Waals surface area contributed by atoms with Crippen molar-refractivity contribution in [1.82, 2.24) is 4.90 Å². The van der Waals surface area contributed by atoms with Gasteiger partial charge in [-0.25, -0.2) is 0 Å². The third-order valence-corrected chi connectivity index (χ3v) is 8.20. The van der Waals surface area contributed by atoms with Crippen LogP contribution in [-0.4, -0.2) is 43.1 Å². The van der Waals surface area contributed by atoms with E-state index in [0.717, 1.165) is 22.3 Å². The number of hydrogen-bond donors (Lipinski definition) is 0. The maximum Gasteiger partial charge on any atom is 0.401 e. The lowest BCUT2D eigenvalue weighted by molar-refractivity contribution is -0.148. The van der Waals surface area contributed by atoms with Gasteiger partial charge in [-0.2, -0.15) is 13.2 Å². The first-order valence-electron chi connectivity index (χ1n) is 12.6. The first-order chi connectivity index (χ1) is 18.4. The van der Waals surface area contributed by atoms with Crippen LogP contribution >= 0.6 is 11.8 Å². The SMILES string of the molecule is CN(CC(F)(F)F)C(COCc1ccccc1)CSC(c1ccccc1)(c1ccccc1)c1ccccc1. The molecular weight excluding hydrogens is 503 g/mol. The number of thioether (sulfide) groups is 1. The van der Waals surface area contributed by atoms with Crippen LogP contribution in [0.1, 0.15) is 22.3 Å². The molecule has 4 rings (SSSR count). The number of ether oxygens (including phenoxy) is 1. The van der Waals surface area contributed by atoms with E-state index in [1.54, 1.807) is 11.8 Å². The second-order valence-corrected chi connectivity index (χ2v) is 10.5. The zero-order chi connectivity index (χ0) is 26.8. The molecule has 4 aromatic rings. The van der Waals surface area contributed by atoms with Crippen LogP contribution in [0.15, 0.2) is 121 Å². The van der Waals surface area contributed by atoms with E-state index in [-0.39, 0.29) is 6.61 Å². The lowest BCUT2D eigenvalue weighted by Gasteiger charge is -2.38. The van der Waals surface area contributed by atoms with Gasteiger partial charge >= 0.3 is 6.18 Å². The monoisotopic (exact) mass is 535 g/mol. The average Bonchev–Trinajstić information content (AvgIpc) is 2.94. The molecule has 4 aromatic carbocycles. The fraction of sp³-hybridized carbons (Fsp3) is 0.250. The molecule has 0 fully saturated rings. The van der Waals surface area contributed by atoms with E-state index >= 15 is 0 Å². The Morgan fingerprint density at radius 2 is 1.11 bits per heavy atom.